The van der Waals surface area contributed by atoms with E-state index in [1.807, 2.05) is 0 Å². The van der Waals surface area contributed by atoms with Gasteiger partial charge >= 0.3 is 0 Å². The number of aromatic nitrogens is 2. The number of nitrogens with one attached hydrogen (secondary N) is 1. The van der Waals surface area contributed by atoms with Crippen LogP contribution in [0.15, 0.2) is 24.3 Å². The Morgan fingerprint density at radius 1 is 1.28 bits per heavy atom. The van der Waals surface area contributed by atoms with Gasteiger partial charge in [-0.2, -0.15) is 0 Å². The first-order valence-corrected chi connectivity index (χ1v) is 5.55. The van der Waals surface area contributed by atoms with Crippen LogP contribution in [0.1, 0.15) is 5.69 Å². The molecule has 18 heavy (non-hydrogen) atoms. The van der Waals surface area contributed by atoms with Crippen LogP contribution >= 0.6 is 12.2 Å². The van der Waals surface area contributed by atoms with Gasteiger partial charge in [0.2, 0.25) is 0 Å². The highest BCUT2D eigenvalue weighted by Gasteiger charge is 2.07. The zero-order valence-corrected chi connectivity index (χ0v) is 10.4. The van der Waals surface area contributed by atoms with Crippen molar-refractivity contribution >= 4 is 12.2 Å². The van der Waals surface area contributed by atoms with E-state index in [-0.39, 0.29) is 0 Å². The molecule has 0 saturated heterocycles. The summed E-state index contributed by atoms with van der Waals surface area (Å²) in [5.41, 5.74) is 1.15. The third kappa shape index (κ3) is 2.77. The maximum Gasteiger partial charge on any atom is 0.159 e. The molecule has 1 aromatic carbocycles. The van der Waals surface area contributed by atoms with Gasteiger partial charge in [-0.15, -0.1) is 0 Å². The van der Waals surface area contributed by atoms with E-state index >= 15 is 0 Å². The average Bonchev–Trinajstić information content (AvgIpc) is 2.32. The lowest BCUT2D eigenvalue weighted by atomic mass is 10.2. The van der Waals surface area contributed by atoms with Gasteiger partial charge in [-0.25, -0.2) is 13.8 Å². The van der Waals surface area contributed by atoms with E-state index in [2.05, 4.69) is 9.97 Å². The van der Waals surface area contributed by atoms with Crippen LogP contribution in [0.25, 0.3) is 11.4 Å². The van der Waals surface area contributed by atoms with Crippen molar-refractivity contribution in [3.05, 3.63) is 46.2 Å². The molecule has 0 unspecified atom stereocenters. The number of ether oxygens (including phenoxy) is 1. The lowest BCUT2D eigenvalue weighted by molar-refractivity contribution is 0.181. The lowest BCUT2D eigenvalue weighted by Gasteiger charge is -2.05. The number of hydrogen-bond acceptors (Lipinski definition) is 3. The molecule has 0 saturated carbocycles. The Bertz CT molecular complexity index is 628. The summed E-state index contributed by atoms with van der Waals surface area (Å²) in [4.78, 5) is 7.03. The molecule has 0 aliphatic carbocycles. The second kappa shape index (κ2) is 5.32. The molecule has 0 atom stereocenters. The van der Waals surface area contributed by atoms with E-state index in [1.165, 1.54) is 6.07 Å². The van der Waals surface area contributed by atoms with Crippen molar-refractivity contribution in [3.63, 3.8) is 0 Å². The van der Waals surface area contributed by atoms with Gasteiger partial charge in [0.1, 0.15) is 10.5 Å². The quantitative estimate of drug-likeness (QED) is 0.868. The number of aromatic amines is 1. The number of nitrogens with zero attached hydrogens (tertiary/aromatic N) is 1. The first-order valence-electron chi connectivity index (χ1n) is 5.15. The van der Waals surface area contributed by atoms with Crippen molar-refractivity contribution in [3.8, 4) is 11.4 Å². The third-order valence-corrected chi connectivity index (χ3v) is 2.50. The molecule has 2 aromatic rings. The molecule has 6 heteroatoms. The molecule has 0 fully saturated rings. The summed E-state index contributed by atoms with van der Waals surface area (Å²) in [6.45, 7) is 0.336. The smallest absolute Gasteiger partial charge is 0.159 e. The van der Waals surface area contributed by atoms with E-state index < -0.39 is 11.6 Å². The number of H-pyrrole nitrogens is 1. The van der Waals surface area contributed by atoms with Crippen molar-refractivity contribution in [2.24, 2.45) is 0 Å². The first kappa shape index (κ1) is 12.8. The molecule has 1 N–H and O–H groups in total. The van der Waals surface area contributed by atoms with Crippen molar-refractivity contribution < 1.29 is 13.5 Å². The van der Waals surface area contributed by atoms with Gasteiger partial charge in [-0.1, -0.05) is 12.2 Å². The molecule has 1 heterocycles. The van der Waals surface area contributed by atoms with Crippen molar-refractivity contribution in [2.45, 2.75) is 6.61 Å². The first-order chi connectivity index (χ1) is 8.60. The number of hydrogen-bond donors (Lipinski definition) is 1. The Kier molecular flexibility index (Phi) is 3.78. The predicted octanol–water partition coefficient (Wildman–Crippen LogP) is 3.23. The van der Waals surface area contributed by atoms with Crippen LogP contribution in [0.3, 0.4) is 0 Å². The molecule has 1 aromatic heterocycles. The van der Waals surface area contributed by atoms with Gasteiger partial charge in [-0.3, -0.25) is 0 Å². The van der Waals surface area contributed by atoms with Gasteiger partial charge < -0.3 is 9.72 Å². The predicted molar refractivity (Wildman–Crippen MR) is 65.5 cm³/mol. The van der Waals surface area contributed by atoms with Gasteiger partial charge in [0.15, 0.2) is 11.6 Å². The standard InChI is InChI=1S/C12H10F2N2OS/c1-17-6-8-5-11(18)16-12(15-8)7-2-3-9(13)10(14)4-7/h2-5H,6H2,1H3,(H,15,16,18). The SMILES string of the molecule is COCc1cc(=S)nc(-c2ccc(F)c(F)c2)[nH]1. The minimum Gasteiger partial charge on any atom is -0.378 e. The molecule has 0 spiro atoms. The number of benzene rings is 1. The molecule has 94 valence electrons. The molecule has 0 radical (unpaired) electrons. The van der Waals surface area contributed by atoms with Crippen LogP contribution in [0.5, 0.6) is 0 Å². The van der Waals surface area contributed by atoms with Gasteiger partial charge in [0, 0.05) is 18.4 Å². The molecule has 3 nitrogen and oxygen atoms in total. The minimum absolute atomic E-state index is 0.336. The van der Waals surface area contributed by atoms with Crippen molar-refractivity contribution in [2.75, 3.05) is 7.11 Å². The van der Waals surface area contributed by atoms with Crippen molar-refractivity contribution in [1.29, 1.82) is 0 Å². The second-order valence-corrected chi connectivity index (χ2v) is 4.07. The fourth-order valence-corrected chi connectivity index (χ4v) is 1.75. The molecular weight excluding hydrogens is 258 g/mol. The van der Waals surface area contributed by atoms with E-state index in [9.17, 15) is 8.78 Å². The summed E-state index contributed by atoms with van der Waals surface area (Å²) in [5, 5.41) is 0. The fourth-order valence-electron chi connectivity index (χ4n) is 1.52. The highest BCUT2D eigenvalue weighted by atomic mass is 32.1. The second-order valence-electron chi connectivity index (χ2n) is 3.66. The van der Waals surface area contributed by atoms with E-state index in [0.29, 0.717) is 22.6 Å². The van der Waals surface area contributed by atoms with Gasteiger partial charge in [-0.05, 0) is 24.3 Å². The summed E-state index contributed by atoms with van der Waals surface area (Å²) >= 11 is 5.01. The van der Waals surface area contributed by atoms with Crippen LogP contribution in [-0.4, -0.2) is 17.1 Å². The maximum atomic E-state index is 13.1. The van der Waals surface area contributed by atoms with E-state index in [0.717, 1.165) is 17.8 Å². The Balaban J connectivity index is 2.49. The Labute approximate surface area is 107 Å². The van der Waals surface area contributed by atoms with Crippen LogP contribution in [0, 0.1) is 16.3 Å². The van der Waals surface area contributed by atoms with E-state index in [1.54, 1.807) is 13.2 Å². The largest absolute Gasteiger partial charge is 0.378 e. The molecule has 0 bridgehead atoms. The van der Waals surface area contributed by atoms with Gasteiger partial charge in [0.25, 0.3) is 0 Å². The number of rotatable bonds is 3. The van der Waals surface area contributed by atoms with Crippen LogP contribution in [0.2, 0.25) is 0 Å². The Hall–Kier alpha value is -1.66. The van der Waals surface area contributed by atoms with Gasteiger partial charge in [0.05, 0.1) is 6.61 Å². The number of halogens is 2. The normalized spacial score (nSPS) is 10.6. The summed E-state index contributed by atoms with van der Waals surface area (Å²) in [6, 6.07) is 5.20. The van der Waals surface area contributed by atoms with Crippen LogP contribution < -0.4 is 0 Å². The summed E-state index contributed by atoms with van der Waals surface area (Å²) in [5.74, 6) is -1.44. The Morgan fingerprint density at radius 2 is 2.06 bits per heavy atom. The van der Waals surface area contributed by atoms with Crippen LogP contribution in [-0.2, 0) is 11.3 Å². The molecule has 0 amide bonds. The highest BCUT2D eigenvalue weighted by Crippen LogP contribution is 2.18. The zero-order chi connectivity index (χ0) is 13.1. The lowest BCUT2D eigenvalue weighted by Crippen LogP contribution is -1.98. The average molecular weight is 268 g/mol. The van der Waals surface area contributed by atoms with Crippen LogP contribution in [0.4, 0.5) is 8.78 Å². The van der Waals surface area contributed by atoms with E-state index in [4.69, 9.17) is 17.0 Å². The topological polar surface area (TPSA) is 37.9 Å². The molecule has 0 aliphatic heterocycles. The molecular formula is C12H10F2N2OS. The summed E-state index contributed by atoms with van der Waals surface area (Å²) < 4.78 is 31.3. The molecule has 0 aliphatic rings. The Morgan fingerprint density at radius 3 is 2.72 bits per heavy atom. The number of methoxy groups -OCH3 is 1. The summed E-state index contributed by atoms with van der Waals surface area (Å²) in [7, 11) is 1.55. The maximum absolute atomic E-state index is 13.1. The monoisotopic (exact) mass is 268 g/mol. The summed E-state index contributed by atoms with van der Waals surface area (Å²) in [6.07, 6.45) is 0. The minimum atomic E-state index is -0.925. The van der Waals surface area contributed by atoms with Crippen molar-refractivity contribution in [1.82, 2.24) is 9.97 Å². The zero-order valence-electron chi connectivity index (χ0n) is 9.54. The molecule has 2 rings (SSSR count). The fraction of sp³-hybridized carbons (Fsp3) is 0.167. The third-order valence-electron chi connectivity index (χ3n) is 2.29. The highest BCUT2D eigenvalue weighted by molar-refractivity contribution is 7.71.